The van der Waals surface area contributed by atoms with Gasteiger partial charge in [0.15, 0.2) is 11.5 Å². The van der Waals surface area contributed by atoms with Crippen molar-refractivity contribution in [2.45, 2.75) is 19.4 Å². The van der Waals surface area contributed by atoms with Crippen molar-refractivity contribution in [3.8, 4) is 11.5 Å². The van der Waals surface area contributed by atoms with Crippen LogP contribution in [0.5, 0.6) is 11.5 Å². The molecule has 114 valence electrons. The standard InChI is InChI=1S/C17H18N2O3/c1-12(14-4-2-3-7-18-14)19-17(20)11-13-5-6-15-16(10-13)22-9-8-21-15/h2-7,10,12H,8-9,11H2,1H3,(H,19,20). The second-order valence-corrected chi connectivity index (χ2v) is 5.20. The van der Waals surface area contributed by atoms with E-state index >= 15 is 0 Å². The van der Waals surface area contributed by atoms with Crippen LogP contribution in [-0.4, -0.2) is 24.1 Å². The lowest BCUT2D eigenvalue weighted by Crippen LogP contribution is -2.28. The number of nitrogens with zero attached hydrogens (tertiary/aromatic N) is 1. The van der Waals surface area contributed by atoms with E-state index in [1.807, 2.05) is 43.3 Å². The topological polar surface area (TPSA) is 60.5 Å². The zero-order valence-electron chi connectivity index (χ0n) is 12.4. The molecule has 0 saturated heterocycles. The third kappa shape index (κ3) is 3.36. The summed E-state index contributed by atoms with van der Waals surface area (Å²) in [6, 6.07) is 11.1. The Balaban J connectivity index is 1.62. The minimum absolute atomic E-state index is 0.0465. The number of aromatic nitrogens is 1. The number of fused-ring (bicyclic) bond motifs is 1. The van der Waals surface area contributed by atoms with E-state index in [9.17, 15) is 4.79 Å². The maximum Gasteiger partial charge on any atom is 0.224 e. The molecule has 0 saturated carbocycles. The Bertz CT molecular complexity index is 658. The summed E-state index contributed by atoms with van der Waals surface area (Å²) in [4.78, 5) is 16.4. The lowest BCUT2D eigenvalue weighted by molar-refractivity contribution is -0.121. The number of hydrogen-bond acceptors (Lipinski definition) is 4. The molecule has 1 N–H and O–H groups in total. The molecule has 22 heavy (non-hydrogen) atoms. The molecule has 2 aromatic rings. The largest absolute Gasteiger partial charge is 0.486 e. The maximum atomic E-state index is 12.2. The molecule has 1 aromatic heterocycles. The summed E-state index contributed by atoms with van der Waals surface area (Å²) in [5, 5.41) is 2.95. The summed E-state index contributed by atoms with van der Waals surface area (Å²) < 4.78 is 11.0. The van der Waals surface area contributed by atoms with Gasteiger partial charge < -0.3 is 14.8 Å². The third-order valence-corrected chi connectivity index (χ3v) is 3.48. The van der Waals surface area contributed by atoms with Gasteiger partial charge in [0.05, 0.1) is 18.2 Å². The first-order valence-corrected chi connectivity index (χ1v) is 7.31. The van der Waals surface area contributed by atoms with Crippen LogP contribution in [0.1, 0.15) is 24.2 Å². The van der Waals surface area contributed by atoms with Crippen molar-refractivity contribution in [3.05, 3.63) is 53.9 Å². The van der Waals surface area contributed by atoms with Crippen LogP contribution in [0.15, 0.2) is 42.6 Å². The molecule has 3 rings (SSSR count). The van der Waals surface area contributed by atoms with Gasteiger partial charge in [-0.15, -0.1) is 0 Å². The van der Waals surface area contributed by atoms with Crippen molar-refractivity contribution in [2.24, 2.45) is 0 Å². The van der Waals surface area contributed by atoms with Gasteiger partial charge in [0, 0.05) is 6.20 Å². The molecule has 0 aliphatic carbocycles. The molecule has 0 radical (unpaired) electrons. The van der Waals surface area contributed by atoms with Crippen molar-refractivity contribution < 1.29 is 14.3 Å². The Morgan fingerprint density at radius 1 is 1.23 bits per heavy atom. The Labute approximate surface area is 129 Å². The molecule has 5 nitrogen and oxygen atoms in total. The van der Waals surface area contributed by atoms with Crippen molar-refractivity contribution in [1.82, 2.24) is 10.3 Å². The number of carbonyl (C=O) groups excluding carboxylic acids is 1. The highest BCUT2D eigenvalue weighted by Gasteiger charge is 2.14. The Hall–Kier alpha value is -2.56. The van der Waals surface area contributed by atoms with E-state index in [0.29, 0.717) is 25.4 Å². The number of nitrogens with one attached hydrogen (secondary N) is 1. The molecule has 1 unspecified atom stereocenters. The van der Waals surface area contributed by atoms with Crippen molar-refractivity contribution in [1.29, 1.82) is 0 Å². The molecule has 1 atom stereocenters. The highest BCUT2D eigenvalue weighted by Crippen LogP contribution is 2.30. The summed E-state index contributed by atoms with van der Waals surface area (Å²) in [7, 11) is 0. The fraction of sp³-hybridized carbons (Fsp3) is 0.294. The third-order valence-electron chi connectivity index (χ3n) is 3.48. The van der Waals surface area contributed by atoms with E-state index in [-0.39, 0.29) is 11.9 Å². The number of pyridine rings is 1. The van der Waals surface area contributed by atoms with Gasteiger partial charge >= 0.3 is 0 Å². The molecular formula is C17H18N2O3. The van der Waals surface area contributed by atoms with Gasteiger partial charge in [-0.2, -0.15) is 0 Å². The van der Waals surface area contributed by atoms with Crippen LogP contribution in [0, 0.1) is 0 Å². The first kappa shape index (κ1) is 14.4. The van der Waals surface area contributed by atoms with E-state index in [4.69, 9.17) is 9.47 Å². The first-order valence-electron chi connectivity index (χ1n) is 7.31. The van der Waals surface area contributed by atoms with Crippen LogP contribution in [0.2, 0.25) is 0 Å². The molecule has 1 aliphatic heterocycles. The number of rotatable bonds is 4. The van der Waals surface area contributed by atoms with Crippen molar-refractivity contribution in [2.75, 3.05) is 13.2 Å². The van der Waals surface area contributed by atoms with Crippen molar-refractivity contribution >= 4 is 5.91 Å². The second-order valence-electron chi connectivity index (χ2n) is 5.20. The van der Waals surface area contributed by atoms with Gasteiger partial charge in [0.25, 0.3) is 0 Å². The van der Waals surface area contributed by atoms with Crippen LogP contribution >= 0.6 is 0 Å². The van der Waals surface area contributed by atoms with Gasteiger partial charge in [-0.1, -0.05) is 12.1 Å². The monoisotopic (exact) mass is 298 g/mol. The zero-order chi connectivity index (χ0) is 15.4. The van der Waals surface area contributed by atoms with E-state index in [0.717, 1.165) is 17.0 Å². The molecule has 0 fully saturated rings. The molecule has 0 spiro atoms. The van der Waals surface area contributed by atoms with Gasteiger partial charge in [-0.05, 0) is 36.8 Å². The average molecular weight is 298 g/mol. The van der Waals surface area contributed by atoms with E-state index in [2.05, 4.69) is 10.3 Å². The first-order chi connectivity index (χ1) is 10.7. The SMILES string of the molecule is CC(NC(=O)Cc1ccc2c(c1)OCCO2)c1ccccn1. The number of amides is 1. The quantitative estimate of drug-likeness (QED) is 0.940. The Kier molecular flexibility index (Phi) is 4.23. The minimum atomic E-state index is -0.120. The van der Waals surface area contributed by atoms with E-state index in [1.54, 1.807) is 6.20 Å². The molecule has 2 heterocycles. The highest BCUT2D eigenvalue weighted by atomic mass is 16.6. The normalized spacial score (nSPS) is 14.2. The highest BCUT2D eigenvalue weighted by molar-refractivity contribution is 5.79. The summed E-state index contributed by atoms with van der Waals surface area (Å²) in [5.41, 5.74) is 1.74. The zero-order valence-corrected chi connectivity index (χ0v) is 12.4. The molecule has 5 heteroatoms. The van der Waals surface area contributed by atoms with Crippen LogP contribution < -0.4 is 14.8 Å². The maximum absolute atomic E-state index is 12.2. The van der Waals surface area contributed by atoms with Gasteiger partial charge in [-0.3, -0.25) is 9.78 Å². The van der Waals surface area contributed by atoms with E-state index in [1.165, 1.54) is 0 Å². The Morgan fingerprint density at radius 3 is 2.82 bits per heavy atom. The molecule has 0 bridgehead atoms. The summed E-state index contributed by atoms with van der Waals surface area (Å²) in [5.74, 6) is 1.39. The predicted molar refractivity (Wildman–Crippen MR) is 81.9 cm³/mol. The van der Waals surface area contributed by atoms with Gasteiger partial charge in [0.2, 0.25) is 5.91 Å². The van der Waals surface area contributed by atoms with E-state index < -0.39 is 0 Å². The fourth-order valence-corrected chi connectivity index (χ4v) is 2.38. The number of ether oxygens (including phenoxy) is 2. The predicted octanol–water partition coefficient (Wildman–Crippen LogP) is 2.27. The van der Waals surface area contributed by atoms with Crippen molar-refractivity contribution in [3.63, 3.8) is 0 Å². The van der Waals surface area contributed by atoms with Crippen LogP contribution in [0.4, 0.5) is 0 Å². The molecule has 1 aromatic carbocycles. The van der Waals surface area contributed by atoms with Crippen LogP contribution in [0.25, 0.3) is 0 Å². The smallest absolute Gasteiger partial charge is 0.224 e. The number of benzene rings is 1. The molecule has 1 amide bonds. The fourth-order valence-electron chi connectivity index (χ4n) is 2.38. The summed E-state index contributed by atoms with van der Waals surface area (Å²) in [6.45, 7) is 3.03. The van der Waals surface area contributed by atoms with Crippen LogP contribution in [-0.2, 0) is 11.2 Å². The number of hydrogen-bond donors (Lipinski definition) is 1. The van der Waals surface area contributed by atoms with Crippen LogP contribution in [0.3, 0.4) is 0 Å². The average Bonchev–Trinajstić information content (AvgIpc) is 2.55. The summed E-state index contributed by atoms with van der Waals surface area (Å²) >= 11 is 0. The molecule has 1 aliphatic rings. The minimum Gasteiger partial charge on any atom is -0.486 e. The lowest BCUT2D eigenvalue weighted by Gasteiger charge is -2.19. The summed E-state index contributed by atoms with van der Waals surface area (Å²) in [6.07, 6.45) is 2.02. The van der Waals surface area contributed by atoms with Gasteiger partial charge in [0.1, 0.15) is 13.2 Å². The second kappa shape index (κ2) is 6.47. The number of carbonyl (C=O) groups is 1. The van der Waals surface area contributed by atoms with Gasteiger partial charge in [-0.25, -0.2) is 0 Å². The molecular weight excluding hydrogens is 280 g/mol. The lowest BCUT2D eigenvalue weighted by atomic mass is 10.1. The Morgan fingerprint density at radius 2 is 2.05 bits per heavy atom.